The highest BCUT2D eigenvalue weighted by Gasteiger charge is 2.78. The van der Waals surface area contributed by atoms with Crippen molar-refractivity contribution in [3.05, 3.63) is 40.2 Å². The van der Waals surface area contributed by atoms with Gasteiger partial charge in [-0.15, -0.1) is 0 Å². The Hall–Kier alpha value is -3.89. The molecule has 3 aliphatic heterocycles. The quantitative estimate of drug-likeness (QED) is 0.266. The molecule has 2 aliphatic carbocycles. The molecule has 1 aromatic carbocycles. The molecule has 11 nitrogen and oxygen atoms in total. The van der Waals surface area contributed by atoms with Gasteiger partial charge in [0, 0.05) is 22.5 Å². The van der Waals surface area contributed by atoms with E-state index < -0.39 is 80.2 Å². The van der Waals surface area contributed by atoms with Crippen molar-refractivity contribution >= 4 is 34.8 Å². The normalized spacial score (nSPS) is 37.9. The summed E-state index contributed by atoms with van der Waals surface area (Å²) in [4.78, 5) is 66.5. The van der Waals surface area contributed by atoms with Gasteiger partial charge in [-0.05, 0) is 71.6 Å². The summed E-state index contributed by atoms with van der Waals surface area (Å²) in [5, 5.41) is 0.459. The maximum Gasteiger partial charge on any atom is 0.351 e. The average Bonchev–Trinajstić information content (AvgIpc) is 3.42. The van der Waals surface area contributed by atoms with Gasteiger partial charge >= 0.3 is 29.5 Å². The van der Waals surface area contributed by atoms with Gasteiger partial charge < -0.3 is 28.1 Å². The molecular weight excluding hydrogens is 584 g/mol. The third kappa shape index (κ3) is 3.29. The summed E-state index contributed by atoms with van der Waals surface area (Å²) in [6.07, 6.45) is -0.968. The van der Waals surface area contributed by atoms with Crippen LogP contribution in [-0.2, 0) is 38.1 Å². The molecule has 4 fully saturated rings. The Balaban J connectivity index is 1.33. The largest absolute Gasteiger partial charge is 0.483 e. The summed E-state index contributed by atoms with van der Waals surface area (Å²) in [7, 11) is 0. The molecule has 0 unspecified atom stereocenters. The van der Waals surface area contributed by atoms with E-state index in [0.717, 1.165) is 0 Å². The molecule has 2 saturated heterocycles. The van der Waals surface area contributed by atoms with Crippen LogP contribution in [0.4, 0.5) is 0 Å². The van der Waals surface area contributed by atoms with Gasteiger partial charge in [-0.25, -0.2) is 14.4 Å². The lowest BCUT2D eigenvalue weighted by Gasteiger charge is -2.46. The monoisotopic (exact) mass is 622 g/mol. The van der Waals surface area contributed by atoms with Crippen molar-refractivity contribution in [1.82, 2.24) is 0 Å². The molecule has 4 bridgehead atoms. The van der Waals surface area contributed by atoms with Crippen molar-refractivity contribution in [2.24, 2.45) is 21.7 Å². The second-order valence-electron chi connectivity index (χ2n) is 15.4. The number of esters is 4. The molecule has 11 heteroatoms. The molecule has 4 heterocycles. The second-order valence-corrected chi connectivity index (χ2v) is 15.4. The summed E-state index contributed by atoms with van der Waals surface area (Å²) >= 11 is 0. The van der Waals surface area contributed by atoms with E-state index in [1.54, 1.807) is 45.9 Å². The summed E-state index contributed by atoms with van der Waals surface area (Å²) in [5.41, 5.74) is -7.78. The highest BCUT2D eigenvalue weighted by atomic mass is 16.7. The summed E-state index contributed by atoms with van der Waals surface area (Å²) in [5.74, 6) is -2.12. The fourth-order valence-electron chi connectivity index (χ4n) is 8.48. The summed E-state index contributed by atoms with van der Waals surface area (Å²) in [6, 6.07) is 5.98. The van der Waals surface area contributed by atoms with E-state index >= 15 is 0 Å². The highest BCUT2D eigenvalue weighted by molar-refractivity contribution is 5.95. The number of carbonyl (C=O) groups excluding carboxylic acids is 4. The van der Waals surface area contributed by atoms with E-state index in [2.05, 4.69) is 0 Å². The van der Waals surface area contributed by atoms with Crippen molar-refractivity contribution in [3.63, 3.8) is 0 Å². The number of carbonyl (C=O) groups is 4. The van der Waals surface area contributed by atoms with Gasteiger partial charge in [0.1, 0.15) is 16.9 Å². The molecule has 0 spiro atoms. The Labute approximate surface area is 259 Å². The Morgan fingerprint density at radius 2 is 1.22 bits per heavy atom. The molecule has 2 saturated carbocycles. The third-order valence-electron chi connectivity index (χ3n) is 12.7. The van der Waals surface area contributed by atoms with Gasteiger partial charge in [0.25, 0.3) is 0 Å². The van der Waals surface area contributed by atoms with Crippen molar-refractivity contribution in [1.29, 1.82) is 0 Å². The van der Waals surface area contributed by atoms with Gasteiger partial charge in [-0.2, -0.15) is 0 Å². The van der Waals surface area contributed by atoms with Crippen LogP contribution >= 0.6 is 0 Å². The molecular formula is C34H38O11. The van der Waals surface area contributed by atoms with E-state index in [4.69, 9.17) is 28.1 Å². The Bertz CT molecular complexity index is 1780. The lowest BCUT2D eigenvalue weighted by Crippen LogP contribution is -2.57. The predicted octanol–water partition coefficient (Wildman–Crippen LogP) is 4.70. The highest BCUT2D eigenvalue weighted by Crippen LogP contribution is 2.67. The van der Waals surface area contributed by atoms with Crippen molar-refractivity contribution < 1.29 is 47.3 Å². The SMILES string of the molecule is CC1(C)Oc2c(ccc3oc(=O)ccc23)[C@@H](OC(=O)[C@@]23CC[C@@](C)(C(=O)O2)C3(C)C)[C@H]1OC(=O)[C@@]12CC[C@@](C)(C(=O)O1)C2(C)C. The summed E-state index contributed by atoms with van der Waals surface area (Å²) in [6.45, 7) is 14.3. The van der Waals surface area contributed by atoms with Gasteiger partial charge in [-0.3, -0.25) is 9.59 Å². The van der Waals surface area contributed by atoms with Crippen LogP contribution in [0.1, 0.15) is 92.7 Å². The topological polar surface area (TPSA) is 145 Å². The molecule has 1 aromatic heterocycles. The fourth-order valence-corrected chi connectivity index (χ4v) is 8.48. The molecule has 5 aliphatic rings. The smallest absolute Gasteiger partial charge is 0.351 e. The van der Waals surface area contributed by atoms with E-state index in [1.165, 1.54) is 6.07 Å². The van der Waals surface area contributed by atoms with Crippen LogP contribution in [-0.4, -0.2) is 46.8 Å². The van der Waals surface area contributed by atoms with Crippen molar-refractivity contribution in [2.75, 3.05) is 0 Å². The van der Waals surface area contributed by atoms with Crippen LogP contribution < -0.4 is 10.4 Å². The van der Waals surface area contributed by atoms with Crippen LogP contribution in [0.25, 0.3) is 11.0 Å². The van der Waals surface area contributed by atoms with E-state index in [9.17, 15) is 24.0 Å². The summed E-state index contributed by atoms with van der Waals surface area (Å²) < 4.78 is 36.1. The number of benzene rings is 1. The fraction of sp³-hybridized carbons (Fsp3) is 0.618. The lowest BCUT2D eigenvalue weighted by atomic mass is 9.66. The van der Waals surface area contributed by atoms with Crippen LogP contribution in [0.2, 0.25) is 0 Å². The minimum Gasteiger partial charge on any atom is -0.483 e. The van der Waals surface area contributed by atoms with Crippen molar-refractivity contribution in [3.8, 4) is 5.75 Å². The average molecular weight is 623 g/mol. The first kappa shape index (κ1) is 29.8. The van der Waals surface area contributed by atoms with Gasteiger partial charge in [0.05, 0.1) is 16.2 Å². The lowest BCUT2D eigenvalue weighted by molar-refractivity contribution is -0.217. The maximum absolute atomic E-state index is 14.3. The Morgan fingerprint density at radius 1 is 0.689 bits per heavy atom. The first-order chi connectivity index (χ1) is 20.8. The first-order valence-electron chi connectivity index (χ1n) is 15.4. The minimum absolute atomic E-state index is 0.261. The molecule has 0 amide bonds. The number of hydrogen-bond acceptors (Lipinski definition) is 11. The maximum atomic E-state index is 14.3. The van der Waals surface area contributed by atoms with Crippen molar-refractivity contribution in [2.45, 2.75) is 110 Å². The minimum atomic E-state index is -1.55. The zero-order chi connectivity index (χ0) is 32.8. The number of ether oxygens (including phenoxy) is 5. The van der Waals surface area contributed by atoms with Gasteiger partial charge in [-0.1, -0.05) is 27.7 Å². The zero-order valence-corrected chi connectivity index (χ0v) is 26.8. The first-order valence-corrected chi connectivity index (χ1v) is 15.4. The molecule has 0 radical (unpaired) electrons. The molecule has 6 atom stereocenters. The molecule has 2 aromatic rings. The Kier molecular flexibility index (Phi) is 5.61. The van der Waals surface area contributed by atoms with Gasteiger partial charge in [0.2, 0.25) is 11.2 Å². The van der Waals surface area contributed by atoms with E-state index in [0.29, 0.717) is 29.5 Å². The molecule has 240 valence electrons. The van der Waals surface area contributed by atoms with Crippen LogP contribution in [0.3, 0.4) is 0 Å². The number of fused-ring (bicyclic) bond motifs is 7. The molecule has 0 N–H and O–H groups in total. The zero-order valence-electron chi connectivity index (χ0n) is 26.8. The number of rotatable bonds is 4. The van der Waals surface area contributed by atoms with E-state index in [1.807, 2.05) is 27.7 Å². The van der Waals surface area contributed by atoms with Crippen LogP contribution in [0.15, 0.2) is 33.5 Å². The molecule has 45 heavy (non-hydrogen) atoms. The van der Waals surface area contributed by atoms with Gasteiger partial charge in [0.15, 0.2) is 12.2 Å². The molecule has 7 rings (SSSR count). The predicted molar refractivity (Wildman–Crippen MR) is 156 cm³/mol. The third-order valence-corrected chi connectivity index (χ3v) is 12.7. The number of hydrogen-bond donors (Lipinski definition) is 0. The van der Waals surface area contributed by atoms with E-state index in [-0.39, 0.29) is 18.4 Å². The standard InChI is InChI=1S/C34H38O11/c1-28(2)23(42-27(39)34-16-14-32(8,25(37)45-34)30(34,5)6)22(18-9-11-19-17(21(18)43-28)10-12-20(35)40-19)41-26(38)33-15-13-31(7,24(36)44-33)29(33,3)4/h9-12,22-23H,13-16H2,1-8H3/t22-,23-,31+,32+,33-,34-/m1/s1. The second kappa shape index (κ2) is 8.47. The van der Waals surface area contributed by atoms with Crippen LogP contribution in [0, 0.1) is 21.7 Å². The Morgan fingerprint density at radius 3 is 1.71 bits per heavy atom. The van der Waals surface area contributed by atoms with Crippen LogP contribution in [0.5, 0.6) is 5.75 Å².